The van der Waals surface area contributed by atoms with E-state index in [0.717, 1.165) is 0 Å². The van der Waals surface area contributed by atoms with Crippen molar-refractivity contribution in [1.82, 2.24) is 9.47 Å². The first kappa shape index (κ1) is 22.0. The van der Waals surface area contributed by atoms with E-state index in [1.165, 1.54) is 36.0 Å². The van der Waals surface area contributed by atoms with E-state index < -0.39 is 11.5 Å². The van der Waals surface area contributed by atoms with Gasteiger partial charge in [0.2, 0.25) is 0 Å². The van der Waals surface area contributed by atoms with E-state index in [-0.39, 0.29) is 34.3 Å². The number of pyridine rings is 1. The highest BCUT2D eigenvalue weighted by atomic mass is 35.5. The molecule has 0 aliphatic carbocycles. The van der Waals surface area contributed by atoms with Crippen LogP contribution in [-0.2, 0) is 7.05 Å². The van der Waals surface area contributed by atoms with E-state index in [0.29, 0.717) is 10.6 Å². The standard InChI is InChI=1S/C20H23Cl2N3O3/c1-11(2)25(12(3)4)19(27)13-8-17(20(28)24(5)10-13)23-18(26)15-9-14(21)6-7-16(15)22/h6-12H,1-5H3,(H,23,26). The Bertz CT molecular complexity index is 960. The van der Waals surface area contributed by atoms with E-state index in [1.54, 1.807) is 11.0 Å². The molecule has 0 bridgehead atoms. The zero-order valence-corrected chi connectivity index (χ0v) is 17.9. The van der Waals surface area contributed by atoms with E-state index in [1.807, 2.05) is 27.7 Å². The van der Waals surface area contributed by atoms with Crippen molar-refractivity contribution in [3.63, 3.8) is 0 Å². The Labute approximate surface area is 174 Å². The van der Waals surface area contributed by atoms with E-state index in [2.05, 4.69) is 5.32 Å². The summed E-state index contributed by atoms with van der Waals surface area (Å²) in [6.45, 7) is 7.68. The Morgan fingerprint density at radius 2 is 1.68 bits per heavy atom. The first-order valence-electron chi connectivity index (χ1n) is 8.82. The molecule has 150 valence electrons. The molecule has 0 aliphatic heterocycles. The van der Waals surface area contributed by atoms with Crippen LogP contribution < -0.4 is 10.9 Å². The lowest BCUT2D eigenvalue weighted by Gasteiger charge is -2.31. The van der Waals surface area contributed by atoms with E-state index in [4.69, 9.17) is 23.2 Å². The molecule has 0 atom stereocenters. The van der Waals surface area contributed by atoms with Crippen LogP contribution in [0.1, 0.15) is 48.4 Å². The molecule has 2 aromatic rings. The molecule has 1 heterocycles. The number of carbonyl (C=O) groups is 2. The van der Waals surface area contributed by atoms with Crippen molar-refractivity contribution < 1.29 is 9.59 Å². The molecule has 8 heteroatoms. The van der Waals surface area contributed by atoms with Crippen molar-refractivity contribution in [1.29, 1.82) is 0 Å². The molecule has 0 saturated carbocycles. The van der Waals surface area contributed by atoms with Gasteiger partial charge in [-0.3, -0.25) is 14.4 Å². The minimum absolute atomic E-state index is 0.0122. The first-order valence-corrected chi connectivity index (χ1v) is 9.58. The molecule has 0 radical (unpaired) electrons. The number of nitrogens with one attached hydrogen (secondary N) is 1. The summed E-state index contributed by atoms with van der Waals surface area (Å²) in [5.41, 5.74) is -0.0125. The van der Waals surface area contributed by atoms with Gasteiger partial charge >= 0.3 is 0 Å². The van der Waals surface area contributed by atoms with Crippen molar-refractivity contribution in [2.45, 2.75) is 39.8 Å². The van der Waals surface area contributed by atoms with Crippen LogP contribution in [0.5, 0.6) is 0 Å². The Balaban J connectivity index is 2.43. The van der Waals surface area contributed by atoms with Gasteiger partial charge in [-0.1, -0.05) is 23.2 Å². The fourth-order valence-electron chi connectivity index (χ4n) is 2.99. The molecule has 0 saturated heterocycles. The zero-order chi connectivity index (χ0) is 21.2. The SMILES string of the molecule is CC(C)N(C(=O)c1cc(NC(=O)c2cc(Cl)ccc2Cl)c(=O)n(C)c1)C(C)C. The van der Waals surface area contributed by atoms with Crippen molar-refractivity contribution in [2.24, 2.45) is 7.05 Å². The van der Waals surface area contributed by atoms with Gasteiger partial charge in [-0.15, -0.1) is 0 Å². The number of nitrogens with zero attached hydrogens (tertiary/aromatic N) is 2. The molecule has 28 heavy (non-hydrogen) atoms. The average Bonchev–Trinajstić information content (AvgIpc) is 2.59. The molecule has 0 spiro atoms. The Hall–Kier alpha value is -2.31. The average molecular weight is 424 g/mol. The second-order valence-electron chi connectivity index (χ2n) is 7.04. The highest BCUT2D eigenvalue weighted by Gasteiger charge is 2.23. The van der Waals surface area contributed by atoms with Crippen LogP contribution in [0.25, 0.3) is 0 Å². The highest BCUT2D eigenvalue weighted by Crippen LogP contribution is 2.22. The molecule has 0 unspecified atom stereocenters. The molecule has 2 amide bonds. The number of aryl methyl sites for hydroxylation is 1. The number of hydrogen-bond acceptors (Lipinski definition) is 3. The lowest BCUT2D eigenvalue weighted by molar-refractivity contribution is 0.0642. The molecular weight excluding hydrogens is 401 g/mol. The van der Waals surface area contributed by atoms with Gasteiger partial charge in [-0.2, -0.15) is 0 Å². The molecule has 0 fully saturated rings. The second kappa shape index (κ2) is 8.80. The summed E-state index contributed by atoms with van der Waals surface area (Å²) in [7, 11) is 1.52. The van der Waals surface area contributed by atoms with Crippen LogP contribution >= 0.6 is 23.2 Å². The van der Waals surface area contributed by atoms with Gasteiger partial charge in [0.15, 0.2) is 0 Å². The normalized spacial score (nSPS) is 11.0. The van der Waals surface area contributed by atoms with Gasteiger partial charge in [-0.05, 0) is 52.0 Å². The topological polar surface area (TPSA) is 71.4 Å². The third kappa shape index (κ3) is 4.75. The summed E-state index contributed by atoms with van der Waals surface area (Å²) in [5, 5.41) is 3.09. The van der Waals surface area contributed by atoms with Gasteiger partial charge in [0.1, 0.15) is 5.69 Å². The molecular formula is C20H23Cl2N3O3. The molecule has 2 rings (SSSR count). The van der Waals surface area contributed by atoms with Gasteiger partial charge in [0.05, 0.1) is 16.1 Å². The quantitative estimate of drug-likeness (QED) is 0.782. The van der Waals surface area contributed by atoms with Crippen LogP contribution in [-0.4, -0.2) is 33.4 Å². The van der Waals surface area contributed by atoms with E-state index >= 15 is 0 Å². The van der Waals surface area contributed by atoms with Crippen LogP contribution in [0.15, 0.2) is 35.3 Å². The zero-order valence-electron chi connectivity index (χ0n) is 16.4. The summed E-state index contributed by atoms with van der Waals surface area (Å²) in [6.07, 6.45) is 1.46. The fourth-order valence-corrected chi connectivity index (χ4v) is 3.37. The van der Waals surface area contributed by atoms with Crippen molar-refractivity contribution in [3.8, 4) is 0 Å². The minimum Gasteiger partial charge on any atom is -0.334 e. The van der Waals surface area contributed by atoms with Crippen LogP contribution in [0.2, 0.25) is 10.0 Å². The monoisotopic (exact) mass is 423 g/mol. The second-order valence-corrected chi connectivity index (χ2v) is 7.88. The first-order chi connectivity index (χ1) is 13.0. The predicted molar refractivity (Wildman–Crippen MR) is 113 cm³/mol. The van der Waals surface area contributed by atoms with Crippen molar-refractivity contribution >= 4 is 40.7 Å². The predicted octanol–water partition coefficient (Wildman–Crippen LogP) is 4.20. The number of hydrogen-bond donors (Lipinski definition) is 1. The highest BCUT2D eigenvalue weighted by molar-refractivity contribution is 6.36. The minimum atomic E-state index is -0.584. The number of carbonyl (C=O) groups excluding carboxylic acids is 2. The van der Waals surface area contributed by atoms with E-state index in [9.17, 15) is 14.4 Å². The van der Waals surface area contributed by atoms with Crippen molar-refractivity contribution in [3.05, 3.63) is 62.0 Å². The molecule has 1 aromatic heterocycles. The third-order valence-corrected chi connectivity index (χ3v) is 4.76. The number of halogens is 2. The number of amides is 2. The summed E-state index contributed by atoms with van der Waals surface area (Å²) in [5.74, 6) is -0.810. The lowest BCUT2D eigenvalue weighted by atomic mass is 10.1. The smallest absolute Gasteiger partial charge is 0.274 e. The Morgan fingerprint density at radius 3 is 2.25 bits per heavy atom. The Kier molecular flexibility index (Phi) is 6.91. The molecule has 1 N–H and O–H groups in total. The van der Waals surface area contributed by atoms with Gasteiger partial charge in [0.25, 0.3) is 17.4 Å². The summed E-state index contributed by atoms with van der Waals surface area (Å²) >= 11 is 12.0. The lowest BCUT2D eigenvalue weighted by Crippen LogP contribution is -2.42. The molecule has 1 aromatic carbocycles. The number of benzene rings is 1. The summed E-state index contributed by atoms with van der Waals surface area (Å²) in [6, 6.07) is 5.82. The number of anilines is 1. The maximum absolute atomic E-state index is 13.0. The third-order valence-electron chi connectivity index (χ3n) is 4.20. The maximum atomic E-state index is 13.0. The number of rotatable bonds is 5. The number of aromatic nitrogens is 1. The largest absolute Gasteiger partial charge is 0.334 e. The van der Waals surface area contributed by atoms with Gasteiger partial charge in [-0.25, -0.2) is 0 Å². The molecule has 6 nitrogen and oxygen atoms in total. The van der Waals surface area contributed by atoms with Crippen molar-refractivity contribution in [2.75, 3.05) is 5.32 Å². The Morgan fingerprint density at radius 1 is 1.07 bits per heavy atom. The van der Waals surface area contributed by atoms with Gasteiger partial charge in [0, 0.05) is 30.4 Å². The van der Waals surface area contributed by atoms with Gasteiger partial charge < -0.3 is 14.8 Å². The van der Waals surface area contributed by atoms with Crippen LogP contribution in [0.4, 0.5) is 5.69 Å². The maximum Gasteiger partial charge on any atom is 0.274 e. The van der Waals surface area contributed by atoms with Crippen LogP contribution in [0.3, 0.4) is 0 Å². The summed E-state index contributed by atoms with van der Waals surface area (Å²) < 4.78 is 1.27. The fraction of sp³-hybridized carbons (Fsp3) is 0.350. The molecule has 0 aliphatic rings. The summed E-state index contributed by atoms with van der Waals surface area (Å²) in [4.78, 5) is 39.7. The van der Waals surface area contributed by atoms with Crippen LogP contribution in [0, 0.1) is 0 Å².